The van der Waals surface area contributed by atoms with Crippen LogP contribution in [0.25, 0.3) is 10.8 Å². The van der Waals surface area contributed by atoms with Gasteiger partial charge in [0, 0.05) is 4.90 Å². The highest BCUT2D eigenvalue weighted by atomic mass is 32.2. The first-order valence-electron chi connectivity index (χ1n) is 5.36. The van der Waals surface area contributed by atoms with E-state index in [4.69, 9.17) is 0 Å². The summed E-state index contributed by atoms with van der Waals surface area (Å²) in [5, 5.41) is 2.44. The molecule has 0 fully saturated rings. The lowest BCUT2D eigenvalue weighted by Crippen LogP contribution is -2.18. The van der Waals surface area contributed by atoms with E-state index in [0.29, 0.717) is 11.6 Å². The molecule has 18 heavy (non-hydrogen) atoms. The zero-order valence-corrected chi connectivity index (χ0v) is 11.0. The number of thioether (sulfide) groups is 1. The minimum Gasteiger partial charge on any atom is -0.234 e. The highest BCUT2D eigenvalue weighted by molar-refractivity contribution is 8.00. The van der Waals surface area contributed by atoms with Crippen molar-refractivity contribution in [2.45, 2.75) is 4.90 Å². The molecule has 1 aliphatic rings. The van der Waals surface area contributed by atoms with Gasteiger partial charge in [0.05, 0.1) is 5.75 Å². The number of rotatable bonds is 3. The number of hydroxylamine groups is 1. The molecule has 0 radical (unpaired) electrons. The van der Waals surface area contributed by atoms with Crippen LogP contribution in [0.2, 0.25) is 0 Å². The molecule has 0 saturated heterocycles. The Morgan fingerprint density at radius 1 is 1.22 bits per heavy atom. The molecule has 0 saturated carbocycles. The smallest absolute Gasteiger partial charge is 0.234 e. The van der Waals surface area contributed by atoms with Crippen LogP contribution in [0, 0.1) is 0 Å². The van der Waals surface area contributed by atoms with E-state index in [2.05, 4.69) is 44.5 Å². The number of nitrogens with one attached hydrogen (secondary N) is 1. The molecule has 1 heterocycles. The maximum atomic E-state index is 10.9. The number of hydrogen-bond acceptors (Lipinski definition) is 4. The third-order valence-corrected chi connectivity index (χ3v) is 4.11. The fourth-order valence-corrected chi connectivity index (χ4v) is 3.05. The van der Waals surface area contributed by atoms with Gasteiger partial charge in [-0.25, -0.2) is 9.69 Å². The van der Waals surface area contributed by atoms with Crippen molar-refractivity contribution in [2.24, 2.45) is 4.40 Å². The zero-order chi connectivity index (χ0) is 12.4. The molecule has 1 aliphatic heterocycles. The predicted molar refractivity (Wildman–Crippen MR) is 74.5 cm³/mol. The molecule has 0 aromatic heterocycles. The molecule has 3 rings (SSSR count). The summed E-state index contributed by atoms with van der Waals surface area (Å²) in [5.74, 6) is 1.22. The van der Waals surface area contributed by atoms with Crippen LogP contribution in [0.5, 0.6) is 0 Å². The van der Waals surface area contributed by atoms with Crippen molar-refractivity contribution in [3.8, 4) is 0 Å². The van der Waals surface area contributed by atoms with E-state index < -0.39 is 11.3 Å². The number of benzene rings is 2. The molecule has 1 N–H and O–H groups in total. The first-order valence-corrected chi connectivity index (χ1v) is 7.37. The van der Waals surface area contributed by atoms with E-state index in [0.717, 1.165) is 4.90 Å². The van der Waals surface area contributed by atoms with Gasteiger partial charge in [-0.15, -0.1) is 16.2 Å². The second kappa shape index (κ2) is 5.09. The van der Waals surface area contributed by atoms with Gasteiger partial charge < -0.3 is 0 Å². The van der Waals surface area contributed by atoms with Gasteiger partial charge in [-0.05, 0) is 22.9 Å². The molecular weight excluding hydrogens is 268 g/mol. The summed E-state index contributed by atoms with van der Waals surface area (Å²) in [6.07, 6.45) is 0. The van der Waals surface area contributed by atoms with Crippen molar-refractivity contribution in [3.63, 3.8) is 0 Å². The molecule has 0 aliphatic carbocycles. The van der Waals surface area contributed by atoms with Crippen LogP contribution >= 0.6 is 11.8 Å². The third-order valence-electron chi connectivity index (χ3n) is 2.51. The summed E-state index contributed by atoms with van der Waals surface area (Å²) in [7, 11) is 0. The number of hydrogen-bond donors (Lipinski definition) is 1. The molecule has 0 spiro atoms. The highest BCUT2D eigenvalue weighted by Gasteiger charge is 2.12. The van der Waals surface area contributed by atoms with Crippen molar-refractivity contribution in [2.75, 3.05) is 5.75 Å². The maximum absolute atomic E-state index is 10.9. The van der Waals surface area contributed by atoms with Crippen LogP contribution in [-0.2, 0) is 15.6 Å². The van der Waals surface area contributed by atoms with Gasteiger partial charge in [-0.3, -0.25) is 0 Å². The topological polar surface area (TPSA) is 50.7 Å². The maximum Gasteiger partial charge on any atom is 0.309 e. The molecular formula is C12H10N2O2S2. The Bertz CT molecular complexity index is 643. The number of amidine groups is 1. The van der Waals surface area contributed by atoms with E-state index in [1.165, 1.54) is 10.8 Å². The average Bonchev–Trinajstić information content (AvgIpc) is 2.82. The minimum absolute atomic E-state index is 0.603. The predicted octanol–water partition coefficient (Wildman–Crippen LogP) is 2.44. The number of fused-ring (bicyclic) bond motifs is 1. The Hall–Kier alpha value is -1.37. The monoisotopic (exact) mass is 278 g/mol. The van der Waals surface area contributed by atoms with Gasteiger partial charge in [0.25, 0.3) is 0 Å². The van der Waals surface area contributed by atoms with Gasteiger partial charge in [0.15, 0.2) is 5.84 Å². The van der Waals surface area contributed by atoms with Crippen molar-refractivity contribution >= 4 is 39.6 Å². The standard InChI is InChI=1S/C12H10N2O2S2/c15-18-14-12(13-16-18)8-17-11-6-5-9-3-1-2-4-10(9)7-11/h1-7H,8H2,(H,13,14). The lowest BCUT2D eigenvalue weighted by atomic mass is 10.1. The zero-order valence-electron chi connectivity index (χ0n) is 9.33. The van der Waals surface area contributed by atoms with Crippen molar-refractivity contribution in [3.05, 3.63) is 42.5 Å². The van der Waals surface area contributed by atoms with E-state index in [-0.39, 0.29) is 0 Å². The Morgan fingerprint density at radius 3 is 2.83 bits per heavy atom. The molecule has 1 atom stereocenters. The van der Waals surface area contributed by atoms with Crippen LogP contribution in [0.15, 0.2) is 51.8 Å². The molecule has 2 aromatic carbocycles. The summed E-state index contributed by atoms with van der Waals surface area (Å²) < 4.78 is 19.3. The van der Waals surface area contributed by atoms with Crippen molar-refractivity contribution in [1.29, 1.82) is 0 Å². The summed E-state index contributed by atoms with van der Waals surface area (Å²) in [6.45, 7) is 0. The molecule has 0 amide bonds. The summed E-state index contributed by atoms with van der Waals surface area (Å²) in [4.78, 5) is 1.15. The van der Waals surface area contributed by atoms with Gasteiger partial charge in [-0.2, -0.15) is 4.28 Å². The fourth-order valence-electron chi connectivity index (χ4n) is 1.68. The Kier molecular flexibility index (Phi) is 3.31. The Labute approximate surface area is 111 Å². The fraction of sp³-hybridized carbons (Fsp3) is 0.0833. The van der Waals surface area contributed by atoms with Crippen LogP contribution in [-0.4, -0.2) is 15.8 Å². The third kappa shape index (κ3) is 2.55. The number of nitrogens with zero attached hydrogens (tertiary/aromatic N) is 1. The highest BCUT2D eigenvalue weighted by Crippen LogP contribution is 2.23. The van der Waals surface area contributed by atoms with Crippen LogP contribution < -0.4 is 5.48 Å². The van der Waals surface area contributed by atoms with E-state index in [1.807, 2.05) is 12.1 Å². The summed E-state index contributed by atoms with van der Waals surface area (Å²) in [5.41, 5.74) is 2.54. The second-order valence-corrected chi connectivity index (χ2v) is 5.57. The normalized spacial score (nSPS) is 18.7. The molecule has 4 nitrogen and oxygen atoms in total. The SMILES string of the molecule is O=S1N=C(CSc2ccc3ccccc3c2)NO1. The lowest BCUT2D eigenvalue weighted by molar-refractivity contribution is 0.305. The van der Waals surface area contributed by atoms with Crippen LogP contribution in [0.4, 0.5) is 0 Å². The largest absolute Gasteiger partial charge is 0.309 e. The van der Waals surface area contributed by atoms with E-state index in [1.54, 1.807) is 11.8 Å². The van der Waals surface area contributed by atoms with Crippen LogP contribution in [0.1, 0.15) is 0 Å². The van der Waals surface area contributed by atoms with Crippen molar-refractivity contribution in [1.82, 2.24) is 5.48 Å². The Balaban J connectivity index is 1.75. The second-order valence-electron chi connectivity index (χ2n) is 3.74. The van der Waals surface area contributed by atoms with Gasteiger partial charge in [-0.1, -0.05) is 30.3 Å². The van der Waals surface area contributed by atoms with Crippen LogP contribution in [0.3, 0.4) is 0 Å². The van der Waals surface area contributed by atoms with E-state index in [9.17, 15) is 4.21 Å². The first kappa shape index (κ1) is 11.7. The Morgan fingerprint density at radius 2 is 2.06 bits per heavy atom. The lowest BCUT2D eigenvalue weighted by Gasteiger charge is -2.03. The molecule has 6 heteroatoms. The summed E-state index contributed by atoms with van der Waals surface area (Å²) in [6, 6.07) is 14.5. The molecule has 1 unspecified atom stereocenters. The van der Waals surface area contributed by atoms with Gasteiger partial charge >= 0.3 is 11.3 Å². The first-order chi connectivity index (χ1) is 8.81. The molecule has 0 bridgehead atoms. The average molecular weight is 278 g/mol. The van der Waals surface area contributed by atoms with Crippen molar-refractivity contribution < 1.29 is 8.49 Å². The van der Waals surface area contributed by atoms with Gasteiger partial charge in [0.2, 0.25) is 0 Å². The quantitative estimate of drug-likeness (QED) is 0.876. The van der Waals surface area contributed by atoms with E-state index >= 15 is 0 Å². The summed E-state index contributed by atoms with van der Waals surface area (Å²) >= 11 is 0.0573. The molecule has 92 valence electrons. The minimum atomic E-state index is -1.57. The van der Waals surface area contributed by atoms with Gasteiger partial charge in [0.1, 0.15) is 0 Å². The molecule has 2 aromatic rings.